The van der Waals surface area contributed by atoms with Crippen LogP contribution in [0.5, 0.6) is 0 Å². The standard InChI is InChI=1S/C17H12Cl2N4OS/c18-12-1-2-14(13(19)7-12)23-10-11(8-21-23)17(24)22-5-6-25-16-3-4-20-9-15(16)22/h1-4,7-10H,5-6H2. The first-order valence-corrected chi connectivity index (χ1v) is 9.26. The maximum absolute atomic E-state index is 12.9. The molecule has 8 heteroatoms. The number of hydrogen-bond acceptors (Lipinski definition) is 4. The minimum Gasteiger partial charge on any atom is -0.305 e. The maximum atomic E-state index is 12.9. The molecule has 0 unspecified atom stereocenters. The van der Waals surface area contributed by atoms with E-state index >= 15 is 0 Å². The number of thioether (sulfide) groups is 1. The minimum atomic E-state index is -0.106. The Kier molecular flexibility index (Phi) is 4.41. The number of rotatable bonds is 2. The summed E-state index contributed by atoms with van der Waals surface area (Å²) >= 11 is 13.9. The molecule has 3 heterocycles. The number of carbonyl (C=O) groups excluding carboxylic acids is 1. The molecule has 25 heavy (non-hydrogen) atoms. The van der Waals surface area contributed by atoms with E-state index in [4.69, 9.17) is 23.2 Å². The van der Waals surface area contributed by atoms with Gasteiger partial charge in [0.1, 0.15) is 0 Å². The zero-order chi connectivity index (χ0) is 17.4. The second-order valence-corrected chi connectivity index (χ2v) is 7.40. The Hall–Kier alpha value is -2.02. The molecule has 0 atom stereocenters. The summed E-state index contributed by atoms with van der Waals surface area (Å²) in [7, 11) is 0. The van der Waals surface area contributed by atoms with E-state index in [-0.39, 0.29) is 5.91 Å². The predicted octanol–water partition coefficient (Wildman–Crippen LogP) is 4.33. The smallest absolute Gasteiger partial charge is 0.261 e. The SMILES string of the molecule is O=C(c1cnn(-c2ccc(Cl)cc2Cl)c1)N1CCSc2ccncc21. The maximum Gasteiger partial charge on any atom is 0.261 e. The van der Waals surface area contributed by atoms with Crippen LogP contribution in [0, 0.1) is 0 Å². The van der Waals surface area contributed by atoms with Gasteiger partial charge in [0, 0.05) is 34.6 Å². The first kappa shape index (κ1) is 16.4. The number of aromatic nitrogens is 3. The summed E-state index contributed by atoms with van der Waals surface area (Å²) in [6, 6.07) is 7.07. The third kappa shape index (κ3) is 3.13. The summed E-state index contributed by atoms with van der Waals surface area (Å²) in [6.45, 7) is 0.634. The van der Waals surface area contributed by atoms with Gasteiger partial charge in [-0.1, -0.05) is 23.2 Å². The van der Waals surface area contributed by atoms with Crippen LogP contribution in [0.1, 0.15) is 10.4 Å². The lowest BCUT2D eigenvalue weighted by molar-refractivity contribution is 0.0987. The normalized spacial score (nSPS) is 13.6. The second-order valence-electron chi connectivity index (χ2n) is 5.42. The number of benzene rings is 1. The van der Waals surface area contributed by atoms with Gasteiger partial charge in [-0.05, 0) is 24.3 Å². The van der Waals surface area contributed by atoms with E-state index in [0.29, 0.717) is 27.8 Å². The summed E-state index contributed by atoms with van der Waals surface area (Å²) in [5.41, 5.74) is 2.00. The van der Waals surface area contributed by atoms with Crippen molar-refractivity contribution >= 4 is 46.6 Å². The molecule has 0 fully saturated rings. The Bertz CT molecular complexity index is 959. The molecule has 1 amide bonds. The molecule has 0 spiro atoms. The minimum absolute atomic E-state index is 0.106. The van der Waals surface area contributed by atoms with Gasteiger partial charge >= 0.3 is 0 Å². The van der Waals surface area contributed by atoms with Gasteiger partial charge in [-0.3, -0.25) is 9.78 Å². The van der Waals surface area contributed by atoms with E-state index in [1.165, 1.54) is 0 Å². The Morgan fingerprint density at radius 2 is 2.04 bits per heavy atom. The molecule has 0 N–H and O–H groups in total. The molecular formula is C17H12Cl2N4OS. The van der Waals surface area contributed by atoms with Crippen molar-refractivity contribution in [2.24, 2.45) is 0 Å². The molecular weight excluding hydrogens is 379 g/mol. The fraction of sp³-hybridized carbons (Fsp3) is 0.118. The zero-order valence-electron chi connectivity index (χ0n) is 12.9. The molecule has 0 saturated heterocycles. The molecule has 4 rings (SSSR count). The van der Waals surface area contributed by atoms with E-state index in [9.17, 15) is 4.79 Å². The Morgan fingerprint density at radius 3 is 2.88 bits per heavy atom. The lowest BCUT2D eigenvalue weighted by Gasteiger charge is -2.28. The van der Waals surface area contributed by atoms with Crippen molar-refractivity contribution in [2.75, 3.05) is 17.2 Å². The summed E-state index contributed by atoms with van der Waals surface area (Å²) in [6.07, 6.45) is 6.68. The van der Waals surface area contributed by atoms with Crippen molar-refractivity contribution in [1.82, 2.24) is 14.8 Å². The van der Waals surface area contributed by atoms with Gasteiger partial charge in [-0.2, -0.15) is 5.10 Å². The van der Waals surface area contributed by atoms with E-state index in [2.05, 4.69) is 10.1 Å². The van der Waals surface area contributed by atoms with E-state index < -0.39 is 0 Å². The van der Waals surface area contributed by atoms with E-state index in [1.807, 2.05) is 6.07 Å². The first-order chi connectivity index (χ1) is 12.1. The average Bonchev–Trinajstić information content (AvgIpc) is 3.10. The molecule has 1 aliphatic rings. The summed E-state index contributed by atoms with van der Waals surface area (Å²) in [4.78, 5) is 19.9. The second kappa shape index (κ2) is 6.71. The number of anilines is 1. The monoisotopic (exact) mass is 390 g/mol. The Labute approximate surface area is 158 Å². The molecule has 3 aromatic rings. The van der Waals surface area contributed by atoms with E-state index in [1.54, 1.807) is 64.3 Å². The van der Waals surface area contributed by atoms with Gasteiger partial charge in [0.25, 0.3) is 5.91 Å². The number of hydrogen-bond donors (Lipinski definition) is 0. The van der Waals surface area contributed by atoms with Crippen molar-refractivity contribution in [3.05, 3.63) is 64.7 Å². The van der Waals surface area contributed by atoms with Crippen LogP contribution in [0.15, 0.2) is 53.9 Å². The van der Waals surface area contributed by atoms with Crippen molar-refractivity contribution in [2.45, 2.75) is 4.90 Å². The van der Waals surface area contributed by atoms with Crippen LogP contribution < -0.4 is 4.90 Å². The number of carbonyl (C=O) groups is 1. The van der Waals surface area contributed by atoms with Gasteiger partial charge in [0.05, 0.1) is 34.4 Å². The highest BCUT2D eigenvalue weighted by atomic mass is 35.5. The quantitative estimate of drug-likeness (QED) is 0.653. The third-order valence-corrected chi connectivity index (χ3v) is 5.44. The van der Waals surface area contributed by atoms with Crippen molar-refractivity contribution in [3.63, 3.8) is 0 Å². The topological polar surface area (TPSA) is 51.0 Å². The molecule has 0 radical (unpaired) electrons. The Morgan fingerprint density at radius 1 is 1.16 bits per heavy atom. The number of pyridine rings is 1. The van der Waals surface area contributed by atoms with E-state index in [0.717, 1.165) is 16.3 Å². The molecule has 126 valence electrons. The van der Waals surface area contributed by atoms with Crippen molar-refractivity contribution in [1.29, 1.82) is 0 Å². The summed E-state index contributed by atoms with van der Waals surface area (Å²) in [5.74, 6) is 0.741. The highest BCUT2D eigenvalue weighted by Gasteiger charge is 2.25. The summed E-state index contributed by atoms with van der Waals surface area (Å²) < 4.78 is 1.58. The van der Waals surface area contributed by atoms with Crippen LogP contribution in [0.25, 0.3) is 5.69 Å². The molecule has 0 bridgehead atoms. The van der Waals surface area contributed by atoms with Crippen LogP contribution >= 0.6 is 35.0 Å². The fourth-order valence-electron chi connectivity index (χ4n) is 2.66. The van der Waals surface area contributed by atoms with Gasteiger partial charge < -0.3 is 4.90 Å². The van der Waals surface area contributed by atoms with Gasteiger partial charge in [-0.15, -0.1) is 11.8 Å². The van der Waals surface area contributed by atoms with Crippen molar-refractivity contribution in [3.8, 4) is 5.69 Å². The lowest BCUT2D eigenvalue weighted by atomic mass is 10.2. The van der Waals surface area contributed by atoms with Gasteiger partial charge in [0.2, 0.25) is 0 Å². The fourth-order valence-corrected chi connectivity index (χ4v) is 4.12. The largest absolute Gasteiger partial charge is 0.305 e. The van der Waals surface area contributed by atoms with Gasteiger partial charge in [-0.25, -0.2) is 4.68 Å². The highest BCUT2D eigenvalue weighted by molar-refractivity contribution is 7.99. The highest BCUT2D eigenvalue weighted by Crippen LogP contribution is 2.34. The number of halogens is 2. The molecule has 0 aliphatic carbocycles. The molecule has 0 saturated carbocycles. The lowest BCUT2D eigenvalue weighted by Crippen LogP contribution is -2.35. The number of amides is 1. The zero-order valence-corrected chi connectivity index (χ0v) is 15.2. The first-order valence-electron chi connectivity index (χ1n) is 7.52. The van der Waals surface area contributed by atoms with Crippen LogP contribution in [-0.2, 0) is 0 Å². The predicted molar refractivity (Wildman–Crippen MR) is 100 cm³/mol. The number of fused-ring (bicyclic) bond motifs is 1. The Balaban J connectivity index is 1.66. The van der Waals surface area contributed by atoms with Crippen LogP contribution in [-0.4, -0.2) is 33.0 Å². The van der Waals surface area contributed by atoms with Crippen LogP contribution in [0.3, 0.4) is 0 Å². The average molecular weight is 391 g/mol. The molecule has 5 nitrogen and oxygen atoms in total. The van der Waals surface area contributed by atoms with Crippen LogP contribution in [0.2, 0.25) is 10.0 Å². The number of nitrogens with zero attached hydrogens (tertiary/aromatic N) is 4. The van der Waals surface area contributed by atoms with Gasteiger partial charge in [0.15, 0.2) is 0 Å². The molecule has 2 aromatic heterocycles. The van der Waals surface area contributed by atoms with Crippen molar-refractivity contribution < 1.29 is 4.79 Å². The molecule has 1 aliphatic heterocycles. The van der Waals surface area contributed by atoms with Crippen LogP contribution in [0.4, 0.5) is 5.69 Å². The molecule has 1 aromatic carbocycles. The third-order valence-electron chi connectivity index (χ3n) is 3.86. The summed E-state index contributed by atoms with van der Waals surface area (Å²) in [5, 5.41) is 5.29.